The standard InChI is InChI=1S/C14H22N4O2/c1-4-10-6-5-7-16-11(10)8-17-14(19)12(9(2)3)13(15)18-20/h5-7,9,12,20H,4,8H2,1-3H3,(H2,15,18)(H,17,19). The number of carbonyl (C=O) groups is 1. The molecule has 110 valence electrons. The summed E-state index contributed by atoms with van der Waals surface area (Å²) in [6.07, 6.45) is 2.55. The lowest BCUT2D eigenvalue weighted by Gasteiger charge is -2.19. The van der Waals surface area contributed by atoms with Gasteiger partial charge in [0.2, 0.25) is 5.91 Å². The minimum Gasteiger partial charge on any atom is -0.409 e. The Hall–Kier alpha value is -2.11. The lowest BCUT2D eigenvalue weighted by molar-refractivity contribution is -0.124. The molecule has 0 saturated carbocycles. The predicted octanol–water partition coefficient (Wildman–Crippen LogP) is 1.28. The first-order chi connectivity index (χ1) is 9.51. The van der Waals surface area contributed by atoms with E-state index in [4.69, 9.17) is 10.9 Å². The van der Waals surface area contributed by atoms with Crippen molar-refractivity contribution in [3.63, 3.8) is 0 Å². The Kier molecular flexibility index (Phi) is 5.96. The number of nitrogens with two attached hydrogens (primary N) is 1. The van der Waals surface area contributed by atoms with Crippen LogP contribution in [0.5, 0.6) is 0 Å². The van der Waals surface area contributed by atoms with Gasteiger partial charge in [0.25, 0.3) is 0 Å². The average molecular weight is 278 g/mol. The van der Waals surface area contributed by atoms with Crippen LogP contribution >= 0.6 is 0 Å². The van der Waals surface area contributed by atoms with Gasteiger partial charge in [0.1, 0.15) is 5.92 Å². The van der Waals surface area contributed by atoms with Gasteiger partial charge < -0.3 is 16.3 Å². The van der Waals surface area contributed by atoms with E-state index in [-0.39, 0.29) is 17.7 Å². The molecule has 0 aliphatic rings. The van der Waals surface area contributed by atoms with Crippen LogP contribution in [0.15, 0.2) is 23.5 Å². The van der Waals surface area contributed by atoms with Gasteiger partial charge in [-0.2, -0.15) is 0 Å². The molecule has 20 heavy (non-hydrogen) atoms. The van der Waals surface area contributed by atoms with E-state index in [1.807, 2.05) is 32.9 Å². The molecular formula is C14H22N4O2. The Morgan fingerprint density at radius 3 is 2.80 bits per heavy atom. The summed E-state index contributed by atoms with van der Waals surface area (Å²) in [6.45, 7) is 6.07. The number of carbonyl (C=O) groups excluding carboxylic acids is 1. The third-order valence-corrected chi connectivity index (χ3v) is 3.18. The van der Waals surface area contributed by atoms with E-state index in [9.17, 15) is 4.79 Å². The summed E-state index contributed by atoms with van der Waals surface area (Å²) in [6, 6.07) is 3.86. The molecule has 4 N–H and O–H groups in total. The Labute approximate surface area is 119 Å². The third-order valence-electron chi connectivity index (χ3n) is 3.18. The van der Waals surface area contributed by atoms with Crippen LogP contribution in [-0.2, 0) is 17.8 Å². The Bertz CT molecular complexity index is 486. The predicted molar refractivity (Wildman–Crippen MR) is 77.2 cm³/mol. The summed E-state index contributed by atoms with van der Waals surface area (Å²) in [5, 5.41) is 14.5. The van der Waals surface area contributed by atoms with Crippen molar-refractivity contribution in [3.8, 4) is 0 Å². The molecule has 0 aromatic carbocycles. The number of hydrogen-bond donors (Lipinski definition) is 3. The van der Waals surface area contributed by atoms with Crippen LogP contribution in [0.3, 0.4) is 0 Å². The van der Waals surface area contributed by atoms with Crippen molar-refractivity contribution < 1.29 is 10.0 Å². The SMILES string of the molecule is CCc1cccnc1CNC(=O)C(/C(N)=N/O)C(C)C. The van der Waals surface area contributed by atoms with E-state index >= 15 is 0 Å². The Morgan fingerprint density at radius 2 is 2.25 bits per heavy atom. The Morgan fingerprint density at radius 1 is 1.55 bits per heavy atom. The minimum atomic E-state index is -0.645. The maximum absolute atomic E-state index is 12.1. The zero-order valence-corrected chi connectivity index (χ0v) is 12.1. The van der Waals surface area contributed by atoms with Gasteiger partial charge in [-0.05, 0) is 24.0 Å². The maximum atomic E-state index is 12.1. The molecule has 6 heteroatoms. The second-order valence-corrected chi connectivity index (χ2v) is 4.93. The molecule has 1 aromatic heterocycles. The normalized spacial score (nSPS) is 13.3. The first-order valence-electron chi connectivity index (χ1n) is 6.69. The average Bonchev–Trinajstić information content (AvgIpc) is 2.44. The largest absolute Gasteiger partial charge is 0.409 e. The van der Waals surface area contributed by atoms with E-state index in [1.54, 1.807) is 6.20 Å². The number of nitrogens with one attached hydrogen (secondary N) is 1. The van der Waals surface area contributed by atoms with Crippen LogP contribution in [0.2, 0.25) is 0 Å². The summed E-state index contributed by atoms with van der Waals surface area (Å²) in [7, 11) is 0. The van der Waals surface area contributed by atoms with Crippen LogP contribution in [0.4, 0.5) is 0 Å². The number of rotatable bonds is 6. The molecule has 0 aliphatic heterocycles. The van der Waals surface area contributed by atoms with Crippen molar-refractivity contribution in [2.24, 2.45) is 22.7 Å². The van der Waals surface area contributed by atoms with Crippen molar-refractivity contribution in [2.45, 2.75) is 33.7 Å². The maximum Gasteiger partial charge on any atom is 0.231 e. The van der Waals surface area contributed by atoms with Gasteiger partial charge in [-0.25, -0.2) is 0 Å². The molecule has 1 heterocycles. The lowest BCUT2D eigenvalue weighted by atomic mass is 9.94. The van der Waals surface area contributed by atoms with Crippen LogP contribution in [0, 0.1) is 11.8 Å². The van der Waals surface area contributed by atoms with Gasteiger partial charge in [-0.3, -0.25) is 9.78 Å². The fourth-order valence-electron chi connectivity index (χ4n) is 2.07. The molecule has 0 fully saturated rings. The monoisotopic (exact) mass is 278 g/mol. The summed E-state index contributed by atoms with van der Waals surface area (Å²) in [4.78, 5) is 16.4. The first kappa shape index (κ1) is 15.9. The zero-order valence-electron chi connectivity index (χ0n) is 12.1. The number of amides is 1. The number of aromatic nitrogens is 1. The summed E-state index contributed by atoms with van der Waals surface area (Å²) < 4.78 is 0. The van der Waals surface area contributed by atoms with Crippen molar-refractivity contribution in [1.82, 2.24) is 10.3 Å². The molecule has 0 radical (unpaired) electrons. The van der Waals surface area contributed by atoms with E-state index in [2.05, 4.69) is 15.5 Å². The van der Waals surface area contributed by atoms with Crippen LogP contribution in [-0.4, -0.2) is 21.9 Å². The molecule has 1 amide bonds. The van der Waals surface area contributed by atoms with Gasteiger partial charge in [0.05, 0.1) is 12.2 Å². The number of amidine groups is 1. The highest BCUT2D eigenvalue weighted by Gasteiger charge is 2.26. The summed E-state index contributed by atoms with van der Waals surface area (Å²) in [5.74, 6) is -1.04. The summed E-state index contributed by atoms with van der Waals surface area (Å²) in [5.41, 5.74) is 7.50. The highest BCUT2D eigenvalue weighted by atomic mass is 16.4. The van der Waals surface area contributed by atoms with Gasteiger partial charge in [-0.1, -0.05) is 32.0 Å². The number of aryl methyl sites for hydroxylation is 1. The smallest absolute Gasteiger partial charge is 0.231 e. The van der Waals surface area contributed by atoms with Crippen LogP contribution in [0.25, 0.3) is 0 Å². The highest BCUT2D eigenvalue weighted by Crippen LogP contribution is 2.12. The number of hydrogen-bond acceptors (Lipinski definition) is 4. The molecule has 1 atom stereocenters. The van der Waals surface area contributed by atoms with Gasteiger partial charge in [0, 0.05) is 6.20 Å². The number of nitrogens with zero attached hydrogens (tertiary/aromatic N) is 2. The van der Waals surface area contributed by atoms with Gasteiger partial charge >= 0.3 is 0 Å². The zero-order chi connectivity index (χ0) is 15.1. The van der Waals surface area contributed by atoms with Gasteiger partial charge in [-0.15, -0.1) is 0 Å². The quantitative estimate of drug-likeness (QED) is 0.316. The first-order valence-corrected chi connectivity index (χ1v) is 6.69. The van der Waals surface area contributed by atoms with Crippen LogP contribution < -0.4 is 11.1 Å². The number of oxime groups is 1. The van der Waals surface area contributed by atoms with E-state index in [0.29, 0.717) is 6.54 Å². The molecule has 0 spiro atoms. The molecule has 1 unspecified atom stereocenters. The third kappa shape index (κ3) is 3.94. The molecule has 0 saturated heterocycles. The van der Waals surface area contributed by atoms with Crippen LogP contribution in [0.1, 0.15) is 32.0 Å². The van der Waals surface area contributed by atoms with Crippen molar-refractivity contribution in [1.29, 1.82) is 0 Å². The molecule has 0 aliphatic carbocycles. The Balaban J connectivity index is 2.75. The summed E-state index contributed by atoms with van der Waals surface area (Å²) >= 11 is 0. The van der Waals surface area contributed by atoms with Gasteiger partial charge in [0.15, 0.2) is 5.84 Å². The fourth-order valence-corrected chi connectivity index (χ4v) is 2.07. The van der Waals surface area contributed by atoms with Crippen molar-refractivity contribution in [3.05, 3.63) is 29.6 Å². The minimum absolute atomic E-state index is 0.0553. The molecule has 6 nitrogen and oxygen atoms in total. The fraction of sp³-hybridized carbons (Fsp3) is 0.500. The molecular weight excluding hydrogens is 256 g/mol. The number of pyridine rings is 1. The van der Waals surface area contributed by atoms with E-state index in [0.717, 1.165) is 17.7 Å². The van der Waals surface area contributed by atoms with Crippen molar-refractivity contribution >= 4 is 11.7 Å². The topological polar surface area (TPSA) is 101 Å². The lowest BCUT2D eigenvalue weighted by Crippen LogP contribution is -2.41. The van der Waals surface area contributed by atoms with E-state index in [1.165, 1.54) is 0 Å². The molecule has 1 aromatic rings. The van der Waals surface area contributed by atoms with E-state index < -0.39 is 5.92 Å². The highest BCUT2D eigenvalue weighted by molar-refractivity contribution is 6.02. The molecule has 0 bridgehead atoms. The second-order valence-electron chi connectivity index (χ2n) is 4.93. The van der Waals surface area contributed by atoms with Crippen molar-refractivity contribution in [2.75, 3.05) is 0 Å². The second kappa shape index (κ2) is 7.47. The molecule has 1 rings (SSSR count).